The number of hydrogen-bond acceptors (Lipinski definition) is 4. The van der Waals surface area contributed by atoms with E-state index in [9.17, 15) is 13.2 Å². The predicted octanol–water partition coefficient (Wildman–Crippen LogP) is 3.16. The SMILES string of the molecule is FC(F)(F)c1cnc(NCc2ccncn2)c(Cl)c1. The molecule has 2 aromatic rings. The lowest BCUT2D eigenvalue weighted by molar-refractivity contribution is -0.137. The Morgan fingerprint density at radius 2 is 2.05 bits per heavy atom. The van der Waals surface area contributed by atoms with Crippen molar-refractivity contribution in [2.45, 2.75) is 12.7 Å². The summed E-state index contributed by atoms with van der Waals surface area (Å²) in [7, 11) is 0. The van der Waals surface area contributed by atoms with Crippen LogP contribution in [0.4, 0.5) is 19.0 Å². The van der Waals surface area contributed by atoms with Gasteiger partial charge in [0.25, 0.3) is 0 Å². The van der Waals surface area contributed by atoms with Gasteiger partial charge in [-0.3, -0.25) is 0 Å². The van der Waals surface area contributed by atoms with E-state index in [1.807, 2.05) is 0 Å². The minimum absolute atomic E-state index is 0.0936. The van der Waals surface area contributed by atoms with Gasteiger partial charge in [-0.1, -0.05) is 11.6 Å². The number of rotatable bonds is 3. The van der Waals surface area contributed by atoms with Crippen molar-refractivity contribution in [3.05, 3.63) is 47.1 Å². The van der Waals surface area contributed by atoms with E-state index in [1.165, 1.54) is 6.33 Å². The molecular weight excluding hydrogens is 281 g/mol. The molecule has 2 heterocycles. The van der Waals surface area contributed by atoms with E-state index in [1.54, 1.807) is 12.3 Å². The Morgan fingerprint density at radius 3 is 2.63 bits per heavy atom. The second-order valence-corrected chi connectivity index (χ2v) is 4.01. The molecule has 0 radical (unpaired) electrons. The summed E-state index contributed by atoms with van der Waals surface area (Å²) < 4.78 is 37.2. The van der Waals surface area contributed by atoms with Gasteiger partial charge in [-0.15, -0.1) is 0 Å². The molecule has 0 aliphatic rings. The average Bonchev–Trinajstić information content (AvgIpc) is 2.37. The molecule has 0 aromatic carbocycles. The van der Waals surface area contributed by atoms with Gasteiger partial charge in [-0.05, 0) is 12.1 Å². The fraction of sp³-hybridized carbons (Fsp3) is 0.182. The number of pyridine rings is 1. The second-order valence-electron chi connectivity index (χ2n) is 3.61. The van der Waals surface area contributed by atoms with Crippen LogP contribution in [-0.4, -0.2) is 15.0 Å². The second kappa shape index (κ2) is 5.40. The average molecular weight is 289 g/mol. The van der Waals surface area contributed by atoms with Crippen LogP contribution in [0.2, 0.25) is 5.02 Å². The van der Waals surface area contributed by atoms with Gasteiger partial charge < -0.3 is 5.32 Å². The maximum atomic E-state index is 12.4. The van der Waals surface area contributed by atoms with Crippen molar-refractivity contribution in [2.75, 3.05) is 5.32 Å². The highest BCUT2D eigenvalue weighted by molar-refractivity contribution is 6.32. The summed E-state index contributed by atoms with van der Waals surface area (Å²) in [5.41, 5.74) is -0.210. The lowest BCUT2D eigenvalue weighted by atomic mass is 10.2. The van der Waals surface area contributed by atoms with E-state index in [4.69, 9.17) is 11.6 Å². The Kier molecular flexibility index (Phi) is 3.84. The molecule has 8 heteroatoms. The summed E-state index contributed by atoms with van der Waals surface area (Å²) in [6.45, 7) is 0.292. The standard InChI is InChI=1S/C11H8ClF3N4/c12-9-3-7(11(13,14)15)4-17-10(9)18-5-8-1-2-16-6-19-8/h1-4,6H,5H2,(H,17,18). The normalized spacial score (nSPS) is 11.4. The van der Waals surface area contributed by atoms with Crippen molar-refractivity contribution >= 4 is 17.4 Å². The highest BCUT2D eigenvalue weighted by Gasteiger charge is 2.31. The molecule has 2 rings (SSSR count). The highest BCUT2D eigenvalue weighted by atomic mass is 35.5. The van der Waals surface area contributed by atoms with Crippen molar-refractivity contribution in [1.82, 2.24) is 15.0 Å². The molecule has 0 amide bonds. The van der Waals surface area contributed by atoms with Crippen LogP contribution < -0.4 is 5.32 Å². The number of anilines is 1. The number of nitrogens with one attached hydrogen (secondary N) is 1. The first-order valence-electron chi connectivity index (χ1n) is 5.18. The Bertz CT molecular complexity index is 560. The van der Waals surface area contributed by atoms with Gasteiger partial charge in [0.2, 0.25) is 0 Å². The van der Waals surface area contributed by atoms with Crippen molar-refractivity contribution in [3.8, 4) is 0 Å². The summed E-state index contributed by atoms with van der Waals surface area (Å²) in [4.78, 5) is 11.4. The lowest BCUT2D eigenvalue weighted by Gasteiger charge is -2.10. The Hall–Kier alpha value is -1.89. The number of hydrogen-bond donors (Lipinski definition) is 1. The topological polar surface area (TPSA) is 50.7 Å². The molecule has 19 heavy (non-hydrogen) atoms. The van der Waals surface area contributed by atoms with Crippen LogP contribution in [0.1, 0.15) is 11.3 Å². The first-order valence-corrected chi connectivity index (χ1v) is 5.56. The Morgan fingerprint density at radius 1 is 1.26 bits per heavy atom. The minimum atomic E-state index is -4.46. The Balaban J connectivity index is 2.10. The summed E-state index contributed by atoms with van der Waals surface area (Å²) in [6, 6.07) is 2.50. The van der Waals surface area contributed by atoms with Crippen LogP contribution in [0.3, 0.4) is 0 Å². The van der Waals surface area contributed by atoms with Gasteiger partial charge in [0.15, 0.2) is 0 Å². The molecule has 0 aliphatic heterocycles. The van der Waals surface area contributed by atoms with Gasteiger partial charge in [0.1, 0.15) is 12.1 Å². The zero-order valence-electron chi connectivity index (χ0n) is 9.45. The van der Waals surface area contributed by atoms with Gasteiger partial charge in [-0.25, -0.2) is 15.0 Å². The first-order chi connectivity index (χ1) is 8.97. The van der Waals surface area contributed by atoms with E-state index in [2.05, 4.69) is 20.3 Å². The van der Waals surface area contributed by atoms with E-state index in [0.29, 0.717) is 12.2 Å². The molecule has 0 aliphatic carbocycles. The largest absolute Gasteiger partial charge is 0.417 e. The van der Waals surface area contributed by atoms with E-state index in [0.717, 1.165) is 12.3 Å². The zero-order valence-corrected chi connectivity index (χ0v) is 10.2. The highest BCUT2D eigenvalue weighted by Crippen LogP contribution is 2.32. The number of alkyl halides is 3. The van der Waals surface area contributed by atoms with Crippen LogP contribution in [-0.2, 0) is 12.7 Å². The van der Waals surface area contributed by atoms with Crippen molar-refractivity contribution in [2.24, 2.45) is 0 Å². The van der Waals surface area contributed by atoms with Crippen LogP contribution >= 0.6 is 11.6 Å². The van der Waals surface area contributed by atoms with Crippen molar-refractivity contribution < 1.29 is 13.2 Å². The maximum absolute atomic E-state index is 12.4. The fourth-order valence-electron chi connectivity index (χ4n) is 1.32. The predicted molar refractivity (Wildman–Crippen MR) is 63.6 cm³/mol. The van der Waals surface area contributed by atoms with Crippen LogP contribution in [0.15, 0.2) is 30.9 Å². The van der Waals surface area contributed by atoms with E-state index in [-0.39, 0.29) is 10.8 Å². The molecule has 0 atom stereocenters. The quantitative estimate of drug-likeness (QED) is 0.942. The molecular formula is C11H8ClF3N4. The summed E-state index contributed by atoms with van der Waals surface area (Å²) in [6.07, 6.45) is -0.791. The third-order valence-electron chi connectivity index (χ3n) is 2.25. The van der Waals surface area contributed by atoms with Crippen molar-refractivity contribution in [3.63, 3.8) is 0 Å². The van der Waals surface area contributed by atoms with E-state index < -0.39 is 11.7 Å². The lowest BCUT2D eigenvalue weighted by Crippen LogP contribution is -2.08. The summed E-state index contributed by atoms with van der Waals surface area (Å²) in [5.74, 6) is 0.174. The van der Waals surface area contributed by atoms with Gasteiger partial charge >= 0.3 is 6.18 Å². The molecule has 4 nitrogen and oxygen atoms in total. The van der Waals surface area contributed by atoms with Crippen LogP contribution in [0, 0.1) is 0 Å². The summed E-state index contributed by atoms with van der Waals surface area (Å²) >= 11 is 5.74. The monoisotopic (exact) mass is 288 g/mol. The molecule has 100 valence electrons. The number of nitrogens with zero attached hydrogens (tertiary/aromatic N) is 3. The maximum Gasteiger partial charge on any atom is 0.417 e. The zero-order chi connectivity index (χ0) is 13.9. The number of halogens is 4. The van der Waals surface area contributed by atoms with Crippen LogP contribution in [0.25, 0.3) is 0 Å². The third-order valence-corrected chi connectivity index (χ3v) is 2.54. The fourth-order valence-corrected chi connectivity index (χ4v) is 1.55. The Labute approximate surface area is 111 Å². The molecule has 0 unspecified atom stereocenters. The minimum Gasteiger partial charge on any atom is -0.363 e. The van der Waals surface area contributed by atoms with Crippen LogP contribution in [0.5, 0.6) is 0 Å². The number of aromatic nitrogens is 3. The molecule has 0 fully saturated rings. The third kappa shape index (κ3) is 3.54. The first kappa shape index (κ1) is 13.5. The molecule has 0 spiro atoms. The molecule has 0 saturated carbocycles. The molecule has 0 bridgehead atoms. The molecule has 2 aromatic heterocycles. The van der Waals surface area contributed by atoms with E-state index >= 15 is 0 Å². The van der Waals surface area contributed by atoms with Gasteiger partial charge in [0, 0.05) is 12.4 Å². The van der Waals surface area contributed by atoms with Gasteiger partial charge in [-0.2, -0.15) is 13.2 Å². The van der Waals surface area contributed by atoms with Gasteiger partial charge in [0.05, 0.1) is 22.8 Å². The molecule has 0 saturated heterocycles. The smallest absolute Gasteiger partial charge is 0.363 e. The summed E-state index contributed by atoms with van der Waals surface area (Å²) in [5, 5.41) is 2.71. The van der Waals surface area contributed by atoms with Crippen molar-refractivity contribution in [1.29, 1.82) is 0 Å². The molecule has 1 N–H and O–H groups in total.